The van der Waals surface area contributed by atoms with Gasteiger partial charge in [-0.25, -0.2) is 0 Å². The monoisotopic (exact) mass is 398 g/mol. The maximum atomic E-state index is 4.90. The Kier molecular flexibility index (Phi) is 138. The summed E-state index contributed by atoms with van der Waals surface area (Å²) in [6.45, 7) is 3.58. The first-order valence-corrected chi connectivity index (χ1v) is 8.62. The van der Waals surface area contributed by atoms with Crippen molar-refractivity contribution in [2.45, 2.75) is 0 Å². The molecule has 0 spiro atoms. The topological polar surface area (TPSA) is 251 Å². The molecule has 0 aliphatic rings. The van der Waals surface area contributed by atoms with Gasteiger partial charge in [0.2, 0.25) is 0 Å². The van der Waals surface area contributed by atoms with Crippen molar-refractivity contribution in [3.05, 3.63) is 0 Å². The second-order valence-electron chi connectivity index (χ2n) is 1.87. The van der Waals surface area contributed by atoms with Gasteiger partial charge in [-0.05, 0) is 0 Å². The number of hydrogen-bond acceptors (Lipinski definition) is 6. The van der Waals surface area contributed by atoms with E-state index in [1.807, 2.05) is 0 Å². The molecular formula is C6H30Cl3CoN6O3. The molecule has 0 aliphatic carbocycles. The molecule has 0 amide bonds. The van der Waals surface area contributed by atoms with Crippen molar-refractivity contribution >= 4 is 30.4 Å². The van der Waals surface area contributed by atoms with Crippen LogP contribution in [-0.4, -0.2) is 55.7 Å². The maximum absolute atomic E-state index is 4.90. The van der Waals surface area contributed by atoms with Crippen LogP contribution in [0.15, 0.2) is 0 Å². The fourth-order valence-electron chi connectivity index (χ4n) is 0. The first kappa shape index (κ1) is 42.7. The van der Waals surface area contributed by atoms with Crippen molar-refractivity contribution < 1.29 is 27.4 Å². The van der Waals surface area contributed by atoms with Gasteiger partial charge in [-0.2, -0.15) is 0 Å². The average Bonchev–Trinajstić information content (AvgIpc) is 2.28. The van der Waals surface area contributed by atoms with Gasteiger partial charge < -0.3 is 50.8 Å². The molecule has 0 atom stereocenters. The van der Waals surface area contributed by atoms with E-state index in [1.165, 1.54) is 0 Å². The summed E-state index contributed by atoms with van der Waals surface area (Å²) >= 11 is 0. The zero-order valence-corrected chi connectivity index (χ0v) is 14.0. The van der Waals surface area contributed by atoms with Gasteiger partial charge >= 0.3 is 41.4 Å². The van der Waals surface area contributed by atoms with E-state index in [-0.39, 0.29) is 16.4 Å². The Morgan fingerprint density at radius 3 is 0.526 bits per heavy atom. The Morgan fingerprint density at radius 2 is 0.526 bits per heavy atom. The van der Waals surface area contributed by atoms with Gasteiger partial charge in [-0.1, -0.05) is 0 Å². The standard InChI is InChI=1S/3C2H8N2.3ClH.Co.3H2O/c3*3-1-2-4;;;;;;;/h3*1-4H2;3*1H;;3*1H2/q;;;;;;+3;;;/p-3. The normalized spacial score (nSPS) is 7.11. The molecule has 9 nitrogen and oxygen atoms in total. The van der Waals surface area contributed by atoms with Gasteiger partial charge in [0.05, 0.1) is 0 Å². The molecule has 0 aromatic carbocycles. The van der Waals surface area contributed by atoms with Crippen molar-refractivity contribution in [1.82, 2.24) is 0 Å². The fraction of sp³-hybridized carbons (Fsp3) is 1.00. The van der Waals surface area contributed by atoms with E-state index < -0.39 is 10.9 Å². The van der Waals surface area contributed by atoms with E-state index >= 15 is 0 Å². The summed E-state index contributed by atoms with van der Waals surface area (Å²) in [5, 5.41) is 0. The molecule has 18 N–H and O–H groups in total. The van der Waals surface area contributed by atoms with Crippen LogP contribution in [0.2, 0.25) is 0 Å². The van der Waals surface area contributed by atoms with E-state index in [0.29, 0.717) is 39.3 Å². The summed E-state index contributed by atoms with van der Waals surface area (Å²) in [5.74, 6) is 0. The summed E-state index contributed by atoms with van der Waals surface area (Å²) in [4.78, 5) is 0. The molecule has 0 heterocycles. The molecule has 0 radical (unpaired) electrons. The van der Waals surface area contributed by atoms with Crippen LogP contribution in [0.25, 0.3) is 0 Å². The first-order chi connectivity index (χ1) is 7.47. The molecule has 19 heavy (non-hydrogen) atoms. The Bertz CT molecular complexity index is 77.0. The zero-order valence-electron chi connectivity index (χ0n) is 10.7. The number of halogens is 3. The molecule has 13 heteroatoms. The molecule has 0 bridgehead atoms. The van der Waals surface area contributed by atoms with Crippen LogP contribution in [0, 0.1) is 0 Å². The van der Waals surface area contributed by atoms with Crippen molar-refractivity contribution in [3.8, 4) is 0 Å². The van der Waals surface area contributed by atoms with Crippen molar-refractivity contribution in [2.75, 3.05) is 39.3 Å². The fourth-order valence-corrected chi connectivity index (χ4v) is 0. The van der Waals surface area contributed by atoms with Crippen molar-refractivity contribution in [2.24, 2.45) is 34.4 Å². The summed E-state index contributed by atoms with van der Waals surface area (Å²) in [5.41, 5.74) is 29.4. The third kappa shape index (κ3) is 341. The number of hydrogen-bond donors (Lipinski definition) is 6. The molecule has 0 unspecified atom stereocenters. The van der Waals surface area contributed by atoms with Crippen LogP contribution in [0.1, 0.15) is 0 Å². The summed E-state index contributed by atoms with van der Waals surface area (Å²) in [6.07, 6.45) is 0. The second-order valence-corrected chi connectivity index (χ2v) is 7.03. The predicted molar refractivity (Wildman–Crippen MR) is 82.7 cm³/mol. The van der Waals surface area contributed by atoms with E-state index in [1.54, 1.807) is 0 Å². The number of rotatable bonds is 3. The van der Waals surface area contributed by atoms with E-state index in [4.69, 9.17) is 64.8 Å². The summed E-state index contributed by atoms with van der Waals surface area (Å²) in [7, 11) is 13.4. The van der Waals surface area contributed by atoms with E-state index in [2.05, 4.69) is 0 Å². The Labute approximate surface area is 131 Å². The van der Waals surface area contributed by atoms with Crippen molar-refractivity contribution in [3.63, 3.8) is 0 Å². The van der Waals surface area contributed by atoms with Crippen LogP contribution in [-0.2, 0) is 10.9 Å². The predicted octanol–water partition coefficient (Wildman–Crippen LogP) is -3.70. The minimum absolute atomic E-state index is 0. The van der Waals surface area contributed by atoms with Crippen LogP contribution in [0.4, 0.5) is 0 Å². The van der Waals surface area contributed by atoms with Crippen LogP contribution in [0.5, 0.6) is 0 Å². The second kappa shape index (κ2) is 61.5. The quantitative estimate of drug-likeness (QED) is 0.278. The third-order valence-corrected chi connectivity index (χ3v) is 0.500. The van der Waals surface area contributed by atoms with Gasteiger partial charge in [0.25, 0.3) is 0 Å². The Hall–Kier alpha value is 1.02. The molecule has 0 aromatic heterocycles. The molecule has 0 saturated carbocycles. The Morgan fingerprint density at radius 1 is 0.474 bits per heavy atom. The van der Waals surface area contributed by atoms with Gasteiger partial charge in [0.15, 0.2) is 0 Å². The van der Waals surface area contributed by atoms with Gasteiger partial charge in [-0.15, -0.1) is 0 Å². The first-order valence-electron chi connectivity index (χ1n) is 4.33. The molecular weight excluding hydrogens is 369 g/mol. The zero-order chi connectivity index (χ0) is 13.8. The van der Waals surface area contributed by atoms with Gasteiger partial charge in [0, 0.05) is 39.3 Å². The summed E-state index contributed by atoms with van der Waals surface area (Å²) < 4.78 is 0. The van der Waals surface area contributed by atoms with Crippen LogP contribution in [0.3, 0.4) is 0 Å². The third-order valence-electron chi connectivity index (χ3n) is 0.500. The molecule has 0 aromatic rings. The van der Waals surface area contributed by atoms with E-state index in [0.717, 1.165) is 0 Å². The van der Waals surface area contributed by atoms with Gasteiger partial charge in [-0.3, -0.25) is 0 Å². The van der Waals surface area contributed by atoms with E-state index in [9.17, 15) is 0 Å². The van der Waals surface area contributed by atoms with Crippen LogP contribution < -0.4 is 34.4 Å². The summed E-state index contributed by atoms with van der Waals surface area (Å²) in [6, 6.07) is 0. The molecule has 0 rings (SSSR count). The van der Waals surface area contributed by atoms with Gasteiger partial charge in [0.1, 0.15) is 0 Å². The average molecular weight is 400 g/mol. The minimum atomic E-state index is -1.19. The molecule has 0 saturated heterocycles. The molecule has 132 valence electrons. The SMILES string of the molecule is NCCN.NCCN.NCCN.O.O.O.[Cl][Co]([Cl])[Cl]. The molecule has 0 aliphatic heterocycles. The van der Waals surface area contributed by atoms with Crippen molar-refractivity contribution in [1.29, 1.82) is 0 Å². The molecule has 0 fully saturated rings. The van der Waals surface area contributed by atoms with Crippen LogP contribution >= 0.6 is 30.4 Å². The number of nitrogens with two attached hydrogens (primary N) is 6. The Balaban J connectivity index is -0.0000000192.